The average Bonchev–Trinajstić information content (AvgIpc) is 0.897. The number of alkyl halides is 5. The van der Waals surface area contributed by atoms with Crippen molar-refractivity contribution in [1.29, 1.82) is 0 Å². The molecule has 18 rings (SSSR count). The van der Waals surface area contributed by atoms with Crippen LogP contribution in [0.1, 0.15) is 87.2 Å². The second-order valence-corrected chi connectivity index (χ2v) is 38.4. The maximum Gasteiger partial charge on any atom is 0.401 e. The van der Waals surface area contributed by atoms with Gasteiger partial charge in [-0.3, -0.25) is 19.3 Å². The maximum absolute atomic E-state index is 13.2. The van der Waals surface area contributed by atoms with Crippen molar-refractivity contribution in [2.75, 3.05) is 222 Å². The third-order valence-corrected chi connectivity index (χ3v) is 29.0. The highest BCUT2D eigenvalue weighted by atomic mass is 35.5. The van der Waals surface area contributed by atoms with Gasteiger partial charge in [0.1, 0.15) is 55.4 Å². The molecule has 148 heavy (non-hydrogen) atoms. The highest BCUT2D eigenvalue weighted by Crippen LogP contribution is 2.43. The van der Waals surface area contributed by atoms with Gasteiger partial charge in [0.2, 0.25) is 31.4 Å². The third kappa shape index (κ3) is 29.7. The highest BCUT2D eigenvalue weighted by molar-refractivity contribution is 7.60. The number of allylic oxidation sites excluding steroid dienone is 1. The largest absolute Gasteiger partial charge is 0.462 e. The fourth-order valence-corrected chi connectivity index (χ4v) is 21.6. The number of hydrogen-bond donors (Lipinski definition) is 0. The number of amides is 3. The van der Waals surface area contributed by atoms with Crippen molar-refractivity contribution in [2.24, 2.45) is 0 Å². The number of fused-ring (bicyclic) bond motifs is 6. The van der Waals surface area contributed by atoms with E-state index in [2.05, 4.69) is 147 Å². The van der Waals surface area contributed by atoms with E-state index in [1.165, 1.54) is 24.1 Å². The van der Waals surface area contributed by atoms with Gasteiger partial charge in [-0.05, 0) is 164 Å². The Morgan fingerprint density at radius 3 is 1.10 bits per heavy atom. The lowest BCUT2D eigenvalue weighted by Gasteiger charge is -2.41. The van der Waals surface area contributed by atoms with Crippen LogP contribution >= 0.6 is 116 Å². The summed E-state index contributed by atoms with van der Waals surface area (Å²) >= 11 is 20.1. The van der Waals surface area contributed by atoms with Crippen molar-refractivity contribution in [1.82, 2.24) is 64.2 Å². The minimum atomic E-state index is -4.32. The summed E-state index contributed by atoms with van der Waals surface area (Å²) in [6, 6.07) is 37.2. The summed E-state index contributed by atoms with van der Waals surface area (Å²) in [4.78, 5) is 106. The number of likely N-dealkylation sites (N-methyl/N-ethyl adjacent to an activating group) is 4. The fourth-order valence-electron chi connectivity index (χ4n) is 20.7. The smallest absolute Gasteiger partial charge is 0.401 e. The van der Waals surface area contributed by atoms with Gasteiger partial charge in [-0.2, -0.15) is 124 Å². The molecule has 0 bridgehead atoms. The second-order valence-electron chi connectivity index (χ2n) is 37.2. The number of piperazine rings is 3. The molecule has 3 amide bonds. The van der Waals surface area contributed by atoms with Gasteiger partial charge in [0, 0.05) is 178 Å². The number of anilines is 6. The zero-order valence-electron chi connectivity index (χ0n) is 82.6. The topological polar surface area (TPSA) is 221 Å². The molecular formula is C105H138Cl3F5N22O7S6. The van der Waals surface area contributed by atoms with Crippen LogP contribution in [0.3, 0.4) is 0 Å². The first-order valence-corrected chi connectivity index (χ1v) is 49.0. The molecule has 43 heteroatoms. The maximum atomic E-state index is 13.2. The van der Waals surface area contributed by atoms with E-state index in [1.54, 1.807) is 16.9 Å². The van der Waals surface area contributed by atoms with Gasteiger partial charge in [-0.15, -0.1) is 0 Å². The lowest BCUT2D eigenvalue weighted by molar-refractivity contribution is -0.142. The van der Waals surface area contributed by atoms with E-state index in [-0.39, 0.29) is 159 Å². The molecule has 0 spiro atoms. The SMILES string of the molecule is C.C.S.S.S.S.S.S.[C-]#[N+]C[C@H]1CN(c2nc(OC[C@@H]3CCCN3C)nc3c2CCN(c2cccc4cccc(Cl)c24)C3)CCN1C(=O)/C=C/C(F)F.[C-]#[N+]C[C@H]1CN(c2nc(OC[C@@H]3CCCN3C)nc3c2CCN(c2cccc4cccc(Cl)c24)C3)CCN1C(=O)/C=C/CN(C)CC(F)(F)F.[C-]#[N+]C[C@H]1CN(c2nc(OC[C@@H]3CCCN3C)nc3c2CCN(c2cccc4cccc(Cl)c24)C3)CCN1C(=O)C(=C)COC. The molecular weight excluding hydrogens is 2080 g/mol. The van der Waals surface area contributed by atoms with E-state index < -0.39 is 37.1 Å². The molecule has 6 saturated heterocycles. The molecule has 0 radical (unpaired) electrons. The molecule has 0 aliphatic carbocycles. The molecule has 9 aliphatic rings. The number of carbonyl (C=O) groups excluding carboxylic acids is 3. The normalized spacial score (nSPS) is 19.3. The number of likely N-dealkylation sites (tertiary alicyclic amines) is 3. The lowest BCUT2D eigenvalue weighted by atomic mass is 10.0. The fraction of sp³-hybridized carbons (Fsp3) is 0.486. The van der Waals surface area contributed by atoms with Crippen molar-refractivity contribution in [3.63, 3.8) is 0 Å². The van der Waals surface area contributed by atoms with Gasteiger partial charge in [-0.25, -0.2) is 28.5 Å². The van der Waals surface area contributed by atoms with E-state index in [0.29, 0.717) is 156 Å². The summed E-state index contributed by atoms with van der Waals surface area (Å²) in [5.74, 6) is 1.34. The minimum absolute atomic E-state index is 0. The van der Waals surface area contributed by atoms with Crippen LogP contribution in [0, 0.1) is 19.7 Å². The van der Waals surface area contributed by atoms with Crippen molar-refractivity contribution in [3.05, 3.63) is 229 Å². The van der Waals surface area contributed by atoms with Crippen LogP contribution in [0.15, 0.2) is 146 Å². The van der Waals surface area contributed by atoms with Crippen LogP contribution in [0.4, 0.5) is 56.5 Å². The summed E-state index contributed by atoms with van der Waals surface area (Å²) in [6.45, 7) is 38.3. The van der Waals surface area contributed by atoms with Crippen LogP contribution in [0.25, 0.3) is 46.9 Å². The molecule has 3 aromatic heterocycles. The number of carbonyl (C=O) groups is 3. The Balaban J connectivity index is 0.000000264. The number of methoxy groups -OCH3 is 1. The first-order valence-electron chi connectivity index (χ1n) is 47.9. The predicted molar refractivity (Wildman–Crippen MR) is 613 cm³/mol. The van der Waals surface area contributed by atoms with Crippen LogP contribution in [0.5, 0.6) is 18.0 Å². The van der Waals surface area contributed by atoms with E-state index in [0.717, 1.165) is 201 Å². The molecule has 0 saturated carbocycles. The second kappa shape index (κ2) is 57.0. The molecule has 6 fully saturated rings. The number of aromatic nitrogens is 6. The Hall–Kier alpha value is -9.94. The van der Waals surface area contributed by atoms with Crippen LogP contribution < -0.4 is 43.6 Å². The van der Waals surface area contributed by atoms with Crippen molar-refractivity contribution < 1.29 is 55.3 Å². The predicted octanol–water partition coefficient (Wildman–Crippen LogP) is 16.8. The Kier molecular flexibility index (Phi) is 47.4. The number of benzene rings is 6. The first-order chi connectivity index (χ1) is 67.7. The molecule has 29 nitrogen and oxygen atoms in total. The number of nitrogens with zero attached hydrogens (tertiary/aromatic N) is 22. The molecule has 9 aliphatic heterocycles. The van der Waals surface area contributed by atoms with E-state index in [4.69, 9.17) is 103 Å². The molecule has 802 valence electrons. The van der Waals surface area contributed by atoms with Gasteiger partial charge in [0.15, 0.2) is 0 Å². The summed E-state index contributed by atoms with van der Waals surface area (Å²) < 4.78 is 87.7. The zero-order valence-corrected chi connectivity index (χ0v) is 90.9. The summed E-state index contributed by atoms with van der Waals surface area (Å²) in [5.41, 5.74) is 9.34. The molecule has 0 unspecified atom stereocenters. The van der Waals surface area contributed by atoms with Gasteiger partial charge >= 0.3 is 24.2 Å². The number of rotatable bonds is 27. The third-order valence-electron chi connectivity index (χ3n) is 28.0. The highest BCUT2D eigenvalue weighted by Gasteiger charge is 2.42. The summed E-state index contributed by atoms with van der Waals surface area (Å²) in [6.07, 6.45) is 5.92. The molecule has 9 aromatic rings. The standard InChI is InChI=1S/C36H42ClF3N8O2.C34H40ClN7O3.C33H36ClF2N7O2.2CH4.6H2S/c1-41-20-27-21-47(18-19-48(27)32(49)13-7-15-44(2)24-36(38,39)40)34-28-14-17-46(31-12-5-9-25-8-4-11-29(37)33(25)31)22-30(28)42-35(43-34)50-23-26-10-6-16-45(26)3;1-23(21-44-4)33(43)42-17-16-41(19-26(42)18-36-2)32-27-13-15-40(30-12-6-9-24-8-5-11-28(35)31(24)30)20-29(27)37-34(38-32)45-22-25-10-7-14-39(25)3;1-37-18-24-19-42(16-17-43(24)30(44)12-11-29(35)36)32-25-13-15-41(28-10-4-7-22-6-3-9-26(34)31(22)28)20-27(25)38-33(39-32)45-21-23-8-5-14-40(23)2;;;;;;;;/h4-5,7-9,11-13,26-27H,6,10,14-24H2,2-3H3;5-6,8-9,11-12,25-26H,1,7,10,13-22H2,3-4H3;3-4,6-7,9-12,23-24,29H,5,8,13-21H2,2H3;2*1H4;6*1H2/b13-7+;;12-11+;;;;;;;;/t26-,27-;25-,26-;23-,24-;;;;;;;;/m000......../s1. The average molecular weight is 2210 g/mol. The summed E-state index contributed by atoms with van der Waals surface area (Å²) in [5, 5.41) is 8.40. The summed E-state index contributed by atoms with van der Waals surface area (Å²) in [7, 11) is 9.23. The van der Waals surface area contributed by atoms with Gasteiger partial charge in [-0.1, -0.05) is 135 Å². The molecule has 6 aromatic carbocycles. The van der Waals surface area contributed by atoms with Crippen LogP contribution in [0.2, 0.25) is 15.1 Å². The van der Waals surface area contributed by atoms with E-state index in [9.17, 15) is 36.3 Å². The monoisotopic (exact) mass is 2210 g/mol. The quantitative estimate of drug-likeness (QED) is 0.0265. The first kappa shape index (κ1) is 123. The van der Waals surface area contributed by atoms with Crippen LogP contribution in [-0.4, -0.2) is 323 Å². The van der Waals surface area contributed by atoms with Crippen molar-refractivity contribution in [3.8, 4) is 18.0 Å². The number of hydrogen-bond acceptors (Lipinski definition) is 23. The Morgan fingerprint density at radius 2 is 0.791 bits per heavy atom. The van der Waals surface area contributed by atoms with E-state index in [1.807, 2.05) is 48.5 Å². The van der Waals surface area contributed by atoms with Gasteiger partial charge in [0.25, 0.3) is 12.3 Å². The molecule has 6 atom stereocenters. The van der Waals surface area contributed by atoms with Gasteiger partial charge in [0.05, 0.1) is 64.9 Å². The Morgan fingerprint density at radius 1 is 0.466 bits per heavy atom. The Labute approximate surface area is 922 Å². The van der Waals surface area contributed by atoms with Gasteiger partial charge < -0.3 is 92.3 Å². The van der Waals surface area contributed by atoms with E-state index >= 15 is 0 Å². The number of ether oxygens (including phenoxy) is 4. The van der Waals surface area contributed by atoms with Crippen LogP contribution in [-0.2, 0) is 58.0 Å². The molecule has 12 heterocycles. The lowest BCUT2D eigenvalue weighted by Crippen LogP contribution is -2.57. The molecule has 0 N–H and O–H groups in total. The Bertz CT molecular complexity index is 6210. The van der Waals surface area contributed by atoms with Crippen molar-refractivity contribution in [2.45, 2.75) is 141 Å². The minimum Gasteiger partial charge on any atom is -0.462 e. The number of halogens is 8. The van der Waals surface area contributed by atoms with Crippen molar-refractivity contribution >= 4 is 200 Å². The zero-order chi connectivity index (χ0) is 98.4.